The van der Waals surface area contributed by atoms with Crippen LogP contribution in [-0.2, 0) is 6.42 Å². The molecule has 0 unspecified atom stereocenters. The fourth-order valence-electron chi connectivity index (χ4n) is 1.82. The molecule has 0 aliphatic carbocycles. The number of benzene rings is 2. The Kier molecular flexibility index (Phi) is 4.26. The maximum atomic E-state index is 13.6. The predicted octanol–water partition coefficient (Wildman–Crippen LogP) is 3.63. The van der Waals surface area contributed by atoms with Crippen LogP contribution in [0.4, 0.5) is 18.9 Å². The second-order valence-electron chi connectivity index (χ2n) is 4.26. The molecule has 0 fully saturated rings. The third kappa shape index (κ3) is 3.51. The molecule has 1 N–H and O–H groups in total. The summed E-state index contributed by atoms with van der Waals surface area (Å²) >= 11 is 0. The number of halogens is 3. The van der Waals surface area contributed by atoms with Gasteiger partial charge in [0.05, 0.1) is 17.3 Å². The zero-order valence-corrected chi connectivity index (χ0v) is 10.5. The molecule has 102 valence electrons. The summed E-state index contributed by atoms with van der Waals surface area (Å²) in [6, 6.07) is 9.19. The van der Waals surface area contributed by atoms with Gasteiger partial charge in [0.2, 0.25) is 0 Å². The Morgan fingerprint density at radius 1 is 1.00 bits per heavy atom. The molecular formula is C15H11F3N2. The summed E-state index contributed by atoms with van der Waals surface area (Å²) in [5, 5.41) is 11.4. The zero-order chi connectivity index (χ0) is 14.5. The number of nitriles is 1. The Morgan fingerprint density at radius 3 is 2.30 bits per heavy atom. The normalized spacial score (nSPS) is 10.1. The fourth-order valence-corrected chi connectivity index (χ4v) is 1.82. The molecule has 2 aromatic rings. The van der Waals surface area contributed by atoms with Crippen molar-refractivity contribution in [1.82, 2.24) is 0 Å². The van der Waals surface area contributed by atoms with E-state index in [0.717, 1.165) is 12.1 Å². The number of nitrogens with one attached hydrogen (secondary N) is 1. The molecule has 0 amide bonds. The minimum absolute atomic E-state index is 0.236. The van der Waals surface area contributed by atoms with Crippen molar-refractivity contribution in [2.75, 3.05) is 11.9 Å². The van der Waals surface area contributed by atoms with Crippen molar-refractivity contribution in [3.05, 3.63) is 65.0 Å². The Bertz CT molecular complexity index is 642. The molecule has 2 nitrogen and oxygen atoms in total. The standard InChI is InChI=1S/C15H11F3N2/c16-12-5-10(6-13(17)8-12)3-4-20-15-2-1-11(9-19)7-14(15)18/h1-2,5-8,20H,3-4H2. The summed E-state index contributed by atoms with van der Waals surface area (Å²) in [6.45, 7) is 0.325. The summed E-state index contributed by atoms with van der Waals surface area (Å²) in [5.74, 6) is -1.80. The molecule has 0 saturated carbocycles. The third-order valence-corrected chi connectivity index (χ3v) is 2.75. The zero-order valence-electron chi connectivity index (χ0n) is 10.5. The van der Waals surface area contributed by atoms with E-state index in [2.05, 4.69) is 5.32 Å². The molecule has 0 spiro atoms. The van der Waals surface area contributed by atoms with Gasteiger partial charge in [-0.1, -0.05) is 0 Å². The highest BCUT2D eigenvalue weighted by atomic mass is 19.1. The molecule has 0 bridgehead atoms. The van der Waals surface area contributed by atoms with Gasteiger partial charge in [-0.15, -0.1) is 0 Å². The van der Waals surface area contributed by atoms with Crippen LogP contribution in [0.5, 0.6) is 0 Å². The summed E-state index contributed by atoms with van der Waals surface area (Å²) in [5.41, 5.74) is 0.977. The van der Waals surface area contributed by atoms with Crippen LogP contribution >= 0.6 is 0 Å². The summed E-state index contributed by atoms with van der Waals surface area (Å²) in [7, 11) is 0. The van der Waals surface area contributed by atoms with Crippen LogP contribution in [0.25, 0.3) is 0 Å². The average molecular weight is 276 g/mol. The molecule has 0 aromatic heterocycles. The number of hydrogen-bond acceptors (Lipinski definition) is 2. The lowest BCUT2D eigenvalue weighted by Gasteiger charge is -2.08. The molecule has 5 heteroatoms. The summed E-state index contributed by atoms with van der Waals surface area (Å²) < 4.78 is 39.5. The smallest absolute Gasteiger partial charge is 0.147 e. The van der Waals surface area contributed by atoms with Crippen LogP contribution in [0.2, 0.25) is 0 Å². The highest BCUT2D eigenvalue weighted by Gasteiger charge is 2.04. The van der Waals surface area contributed by atoms with Crippen LogP contribution in [-0.4, -0.2) is 6.54 Å². The first-order valence-electron chi connectivity index (χ1n) is 5.97. The van der Waals surface area contributed by atoms with E-state index < -0.39 is 17.5 Å². The van der Waals surface area contributed by atoms with E-state index in [-0.39, 0.29) is 11.3 Å². The molecule has 2 rings (SSSR count). The first-order valence-corrected chi connectivity index (χ1v) is 5.97. The lowest BCUT2D eigenvalue weighted by molar-refractivity contribution is 0.579. The molecular weight excluding hydrogens is 265 g/mol. The highest BCUT2D eigenvalue weighted by Crippen LogP contribution is 2.15. The van der Waals surface area contributed by atoms with E-state index in [9.17, 15) is 13.2 Å². The van der Waals surface area contributed by atoms with Gasteiger partial charge in [0, 0.05) is 12.6 Å². The average Bonchev–Trinajstić information content (AvgIpc) is 2.39. The molecule has 2 aromatic carbocycles. The third-order valence-electron chi connectivity index (χ3n) is 2.75. The number of anilines is 1. The second kappa shape index (κ2) is 6.11. The van der Waals surface area contributed by atoms with Crippen molar-refractivity contribution in [3.8, 4) is 6.07 Å². The van der Waals surface area contributed by atoms with Crippen LogP contribution in [0.15, 0.2) is 36.4 Å². The van der Waals surface area contributed by atoms with Gasteiger partial charge in [0.25, 0.3) is 0 Å². The van der Waals surface area contributed by atoms with E-state index >= 15 is 0 Å². The monoisotopic (exact) mass is 276 g/mol. The fraction of sp³-hybridized carbons (Fsp3) is 0.133. The molecule has 0 aliphatic rings. The molecule has 20 heavy (non-hydrogen) atoms. The Hall–Kier alpha value is -2.48. The minimum Gasteiger partial charge on any atom is -0.382 e. The second-order valence-corrected chi connectivity index (χ2v) is 4.26. The molecule has 0 aliphatic heterocycles. The van der Waals surface area contributed by atoms with Gasteiger partial charge < -0.3 is 5.32 Å². The van der Waals surface area contributed by atoms with E-state index in [1.807, 2.05) is 6.07 Å². The molecule has 0 atom stereocenters. The first-order chi connectivity index (χ1) is 9.58. The van der Waals surface area contributed by atoms with E-state index in [0.29, 0.717) is 18.5 Å². The summed E-state index contributed by atoms with van der Waals surface area (Å²) in [4.78, 5) is 0. The van der Waals surface area contributed by atoms with Gasteiger partial charge in [-0.05, 0) is 42.3 Å². The lowest BCUT2D eigenvalue weighted by atomic mass is 10.1. The SMILES string of the molecule is N#Cc1ccc(NCCc2cc(F)cc(F)c2)c(F)c1. The molecule has 0 radical (unpaired) electrons. The van der Waals surface area contributed by atoms with Crippen LogP contribution in [0.3, 0.4) is 0 Å². The van der Waals surface area contributed by atoms with Gasteiger partial charge >= 0.3 is 0 Å². The number of nitrogens with zero attached hydrogens (tertiary/aromatic N) is 1. The quantitative estimate of drug-likeness (QED) is 0.925. The van der Waals surface area contributed by atoms with Crippen molar-refractivity contribution < 1.29 is 13.2 Å². The minimum atomic E-state index is -0.635. The first kappa shape index (κ1) is 13.9. The Morgan fingerprint density at radius 2 is 1.70 bits per heavy atom. The maximum absolute atomic E-state index is 13.6. The Balaban J connectivity index is 1.98. The highest BCUT2D eigenvalue weighted by molar-refractivity contribution is 5.48. The van der Waals surface area contributed by atoms with Crippen molar-refractivity contribution >= 4 is 5.69 Å². The van der Waals surface area contributed by atoms with Gasteiger partial charge in [-0.25, -0.2) is 13.2 Å². The topological polar surface area (TPSA) is 35.8 Å². The molecule has 0 saturated heterocycles. The molecule has 0 heterocycles. The van der Waals surface area contributed by atoms with E-state index in [1.54, 1.807) is 0 Å². The van der Waals surface area contributed by atoms with Crippen LogP contribution in [0.1, 0.15) is 11.1 Å². The Labute approximate surface area is 114 Å². The summed E-state index contributed by atoms with van der Waals surface area (Å²) in [6.07, 6.45) is 0.355. The van der Waals surface area contributed by atoms with Crippen molar-refractivity contribution in [3.63, 3.8) is 0 Å². The van der Waals surface area contributed by atoms with Crippen LogP contribution < -0.4 is 5.32 Å². The largest absolute Gasteiger partial charge is 0.382 e. The van der Waals surface area contributed by atoms with Gasteiger partial charge in [-0.3, -0.25) is 0 Å². The predicted molar refractivity (Wildman–Crippen MR) is 69.7 cm³/mol. The number of hydrogen-bond donors (Lipinski definition) is 1. The number of rotatable bonds is 4. The maximum Gasteiger partial charge on any atom is 0.147 e. The van der Waals surface area contributed by atoms with E-state index in [4.69, 9.17) is 5.26 Å². The van der Waals surface area contributed by atoms with Crippen molar-refractivity contribution in [1.29, 1.82) is 5.26 Å². The van der Waals surface area contributed by atoms with Gasteiger partial charge in [0.15, 0.2) is 0 Å². The lowest BCUT2D eigenvalue weighted by Crippen LogP contribution is -2.07. The van der Waals surface area contributed by atoms with Gasteiger partial charge in [-0.2, -0.15) is 5.26 Å². The van der Waals surface area contributed by atoms with Gasteiger partial charge in [0.1, 0.15) is 17.5 Å². The van der Waals surface area contributed by atoms with E-state index in [1.165, 1.54) is 24.3 Å². The van der Waals surface area contributed by atoms with Crippen molar-refractivity contribution in [2.24, 2.45) is 0 Å². The van der Waals surface area contributed by atoms with Crippen molar-refractivity contribution in [2.45, 2.75) is 6.42 Å². The van der Waals surface area contributed by atoms with Crippen LogP contribution in [0, 0.1) is 28.8 Å².